The molecule has 0 saturated heterocycles. The molecular weight excluding hydrogens is 258 g/mol. The van der Waals surface area contributed by atoms with Gasteiger partial charge in [-0.05, 0) is 69.0 Å². The third-order valence-corrected chi connectivity index (χ3v) is 4.04. The van der Waals surface area contributed by atoms with Crippen LogP contribution in [0.2, 0.25) is 0 Å². The van der Waals surface area contributed by atoms with Gasteiger partial charge in [0, 0.05) is 12.1 Å². The first kappa shape index (κ1) is 15.6. The molecule has 0 radical (unpaired) electrons. The Labute approximate surface area is 127 Å². The number of nitrogens with one attached hydrogen (secondary N) is 1. The maximum atomic E-state index is 9.60. The van der Waals surface area contributed by atoms with Crippen molar-refractivity contribution in [2.45, 2.75) is 46.7 Å². The highest BCUT2D eigenvalue weighted by molar-refractivity contribution is 5.39. The summed E-state index contributed by atoms with van der Waals surface area (Å²) in [6.07, 6.45) is 0. The fourth-order valence-corrected chi connectivity index (χ4v) is 3.22. The van der Waals surface area contributed by atoms with Crippen LogP contribution in [0.1, 0.15) is 53.7 Å². The standard InChI is InChI=1S/C19H25NO/c1-12-9-13(2)19(14(3)10-12)16(5)20-15(4)17-7-6-8-18(21)11-17/h6-11,15-16,20-21H,1-5H3. The van der Waals surface area contributed by atoms with Crippen molar-refractivity contribution in [1.29, 1.82) is 0 Å². The normalized spacial score (nSPS) is 14.0. The Hall–Kier alpha value is -1.80. The van der Waals surface area contributed by atoms with Crippen molar-refractivity contribution >= 4 is 0 Å². The molecule has 0 heterocycles. The summed E-state index contributed by atoms with van der Waals surface area (Å²) in [4.78, 5) is 0. The summed E-state index contributed by atoms with van der Waals surface area (Å²) in [6, 6.07) is 12.4. The molecule has 0 spiro atoms. The highest BCUT2D eigenvalue weighted by atomic mass is 16.3. The lowest BCUT2D eigenvalue weighted by Crippen LogP contribution is -2.23. The lowest BCUT2D eigenvalue weighted by atomic mass is 9.94. The van der Waals surface area contributed by atoms with Crippen LogP contribution in [0.5, 0.6) is 5.75 Å². The van der Waals surface area contributed by atoms with Gasteiger partial charge in [0.1, 0.15) is 5.75 Å². The van der Waals surface area contributed by atoms with Crippen LogP contribution in [-0.4, -0.2) is 5.11 Å². The van der Waals surface area contributed by atoms with Gasteiger partial charge in [0.15, 0.2) is 0 Å². The molecule has 0 saturated carbocycles. The molecule has 0 aliphatic heterocycles. The minimum atomic E-state index is 0.187. The zero-order valence-electron chi connectivity index (χ0n) is 13.6. The van der Waals surface area contributed by atoms with Crippen LogP contribution < -0.4 is 5.32 Å². The van der Waals surface area contributed by atoms with E-state index in [9.17, 15) is 5.11 Å². The minimum absolute atomic E-state index is 0.187. The molecule has 2 rings (SSSR count). The summed E-state index contributed by atoms with van der Waals surface area (Å²) in [5.41, 5.74) is 6.44. The summed E-state index contributed by atoms with van der Waals surface area (Å²) in [6.45, 7) is 10.8. The van der Waals surface area contributed by atoms with Crippen LogP contribution in [-0.2, 0) is 0 Å². The number of rotatable bonds is 4. The van der Waals surface area contributed by atoms with E-state index in [1.807, 2.05) is 18.2 Å². The molecule has 0 aromatic heterocycles. The average Bonchev–Trinajstić information content (AvgIpc) is 2.37. The third-order valence-electron chi connectivity index (χ3n) is 4.04. The Morgan fingerprint density at radius 2 is 1.52 bits per heavy atom. The number of hydrogen-bond acceptors (Lipinski definition) is 2. The molecule has 0 amide bonds. The van der Waals surface area contributed by atoms with E-state index in [4.69, 9.17) is 0 Å². The molecule has 2 heteroatoms. The second-order valence-corrected chi connectivity index (χ2v) is 6.02. The van der Waals surface area contributed by atoms with Gasteiger partial charge in [-0.1, -0.05) is 29.8 Å². The molecule has 0 bridgehead atoms. The maximum Gasteiger partial charge on any atom is 0.115 e. The van der Waals surface area contributed by atoms with Crippen molar-refractivity contribution in [3.63, 3.8) is 0 Å². The van der Waals surface area contributed by atoms with Gasteiger partial charge in [-0.3, -0.25) is 0 Å². The van der Waals surface area contributed by atoms with Gasteiger partial charge >= 0.3 is 0 Å². The zero-order chi connectivity index (χ0) is 15.6. The monoisotopic (exact) mass is 283 g/mol. The smallest absolute Gasteiger partial charge is 0.115 e. The molecule has 2 N–H and O–H groups in total. The van der Waals surface area contributed by atoms with Gasteiger partial charge in [0.25, 0.3) is 0 Å². The van der Waals surface area contributed by atoms with E-state index in [1.165, 1.54) is 22.3 Å². The van der Waals surface area contributed by atoms with Gasteiger partial charge in [0.2, 0.25) is 0 Å². The fourth-order valence-electron chi connectivity index (χ4n) is 3.22. The van der Waals surface area contributed by atoms with E-state index in [2.05, 4.69) is 52.1 Å². The van der Waals surface area contributed by atoms with Gasteiger partial charge in [-0.15, -0.1) is 0 Å². The quantitative estimate of drug-likeness (QED) is 0.850. The second kappa shape index (κ2) is 6.31. The van der Waals surface area contributed by atoms with Crippen molar-refractivity contribution in [2.24, 2.45) is 0 Å². The number of phenols is 1. The van der Waals surface area contributed by atoms with Crippen molar-refractivity contribution in [3.8, 4) is 5.75 Å². The van der Waals surface area contributed by atoms with Gasteiger partial charge < -0.3 is 10.4 Å². The molecule has 2 aromatic rings. The second-order valence-electron chi connectivity index (χ2n) is 6.02. The summed E-state index contributed by atoms with van der Waals surface area (Å²) in [7, 11) is 0. The van der Waals surface area contributed by atoms with Crippen LogP contribution in [0.25, 0.3) is 0 Å². The molecule has 2 atom stereocenters. The molecule has 0 fully saturated rings. The highest BCUT2D eigenvalue weighted by Gasteiger charge is 2.15. The molecular formula is C19H25NO. The number of benzene rings is 2. The van der Waals surface area contributed by atoms with E-state index in [-0.39, 0.29) is 12.1 Å². The number of aryl methyl sites for hydroxylation is 3. The molecule has 0 aliphatic rings. The molecule has 0 aliphatic carbocycles. The first-order valence-corrected chi connectivity index (χ1v) is 7.51. The third kappa shape index (κ3) is 3.64. The zero-order valence-corrected chi connectivity index (χ0v) is 13.6. The fraction of sp³-hybridized carbons (Fsp3) is 0.368. The Morgan fingerprint density at radius 1 is 0.905 bits per heavy atom. The minimum Gasteiger partial charge on any atom is -0.508 e. The lowest BCUT2D eigenvalue weighted by Gasteiger charge is -2.24. The number of phenolic OH excluding ortho intramolecular Hbond substituents is 1. The van der Waals surface area contributed by atoms with E-state index < -0.39 is 0 Å². The summed E-state index contributed by atoms with van der Waals surface area (Å²) in [5, 5.41) is 13.2. The van der Waals surface area contributed by atoms with Gasteiger partial charge in [-0.25, -0.2) is 0 Å². The van der Waals surface area contributed by atoms with Crippen molar-refractivity contribution < 1.29 is 5.11 Å². The van der Waals surface area contributed by atoms with Crippen molar-refractivity contribution in [3.05, 3.63) is 64.2 Å². The lowest BCUT2D eigenvalue weighted by molar-refractivity contribution is 0.466. The molecule has 21 heavy (non-hydrogen) atoms. The Balaban J connectivity index is 2.20. The van der Waals surface area contributed by atoms with E-state index >= 15 is 0 Å². The first-order valence-electron chi connectivity index (χ1n) is 7.51. The van der Waals surface area contributed by atoms with Crippen LogP contribution in [0.15, 0.2) is 36.4 Å². The average molecular weight is 283 g/mol. The topological polar surface area (TPSA) is 32.3 Å². The SMILES string of the molecule is Cc1cc(C)c(C(C)NC(C)c2cccc(O)c2)c(C)c1. The largest absolute Gasteiger partial charge is 0.508 e. The van der Waals surface area contributed by atoms with Gasteiger partial charge in [-0.2, -0.15) is 0 Å². The van der Waals surface area contributed by atoms with E-state index in [0.717, 1.165) is 5.56 Å². The van der Waals surface area contributed by atoms with E-state index in [0.29, 0.717) is 5.75 Å². The Bertz CT molecular complexity index is 610. The molecule has 2 unspecified atom stereocenters. The summed E-state index contributed by atoms with van der Waals surface area (Å²) in [5.74, 6) is 0.316. The van der Waals surface area contributed by atoms with Crippen LogP contribution in [0.3, 0.4) is 0 Å². The van der Waals surface area contributed by atoms with E-state index in [1.54, 1.807) is 6.07 Å². The molecule has 2 nitrogen and oxygen atoms in total. The predicted octanol–water partition coefficient (Wildman–Crippen LogP) is 4.73. The number of hydrogen-bond donors (Lipinski definition) is 2. The Morgan fingerprint density at radius 3 is 2.10 bits per heavy atom. The summed E-state index contributed by atoms with van der Waals surface area (Å²) >= 11 is 0. The van der Waals surface area contributed by atoms with Crippen LogP contribution in [0, 0.1) is 20.8 Å². The predicted molar refractivity (Wildman–Crippen MR) is 88.7 cm³/mol. The highest BCUT2D eigenvalue weighted by Crippen LogP contribution is 2.26. The van der Waals surface area contributed by atoms with Crippen molar-refractivity contribution in [1.82, 2.24) is 5.32 Å². The maximum absolute atomic E-state index is 9.60. The Kier molecular flexibility index (Phi) is 4.69. The number of aromatic hydroxyl groups is 1. The van der Waals surface area contributed by atoms with Gasteiger partial charge in [0.05, 0.1) is 0 Å². The molecule has 2 aromatic carbocycles. The first-order chi connectivity index (χ1) is 9.88. The molecule has 112 valence electrons. The van der Waals surface area contributed by atoms with Crippen LogP contribution in [0.4, 0.5) is 0 Å². The van der Waals surface area contributed by atoms with Crippen LogP contribution >= 0.6 is 0 Å². The summed E-state index contributed by atoms with van der Waals surface area (Å²) < 4.78 is 0. The van der Waals surface area contributed by atoms with Crippen molar-refractivity contribution in [2.75, 3.05) is 0 Å².